The summed E-state index contributed by atoms with van der Waals surface area (Å²) in [4.78, 5) is 26.2. The van der Waals surface area contributed by atoms with Crippen molar-refractivity contribution in [3.8, 4) is 0 Å². The molecule has 1 atom stereocenters. The smallest absolute Gasteiger partial charge is 0.323 e. The lowest BCUT2D eigenvalue weighted by atomic mass is 9.76. The van der Waals surface area contributed by atoms with Gasteiger partial charge in [-0.1, -0.05) is 32.9 Å². The first kappa shape index (κ1) is 16.8. The van der Waals surface area contributed by atoms with Gasteiger partial charge < -0.3 is 9.67 Å². The molecule has 0 saturated heterocycles. The first-order chi connectivity index (χ1) is 11.2. The highest BCUT2D eigenvalue weighted by molar-refractivity contribution is 8.00. The summed E-state index contributed by atoms with van der Waals surface area (Å²) in [7, 11) is 0. The second-order valence-electron chi connectivity index (χ2n) is 7.12. The summed E-state index contributed by atoms with van der Waals surface area (Å²) in [5.41, 5.74) is -0.440. The number of hydrogen-bond acceptors (Lipinski definition) is 3. The maximum absolute atomic E-state index is 13.2. The van der Waals surface area contributed by atoms with E-state index in [0.29, 0.717) is 24.2 Å². The Bertz CT molecular complexity index is 803. The summed E-state index contributed by atoms with van der Waals surface area (Å²) in [5, 5.41) is 9.88. The van der Waals surface area contributed by atoms with Gasteiger partial charge in [0.2, 0.25) is 0 Å². The number of carboxylic acids is 1. The average molecular weight is 343 g/mol. The van der Waals surface area contributed by atoms with Crippen LogP contribution in [0.25, 0.3) is 0 Å². The van der Waals surface area contributed by atoms with Crippen molar-refractivity contribution in [2.45, 2.75) is 48.8 Å². The molecule has 0 fully saturated rings. The number of Topliss-reactive ketones (excluding diaryl/α,β-unsaturated/α-hetero) is 1. The van der Waals surface area contributed by atoms with Crippen LogP contribution in [0.1, 0.15) is 43.2 Å². The van der Waals surface area contributed by atoms with Gasteiger partial charge in [0, 0.05) is 33.6 Å². The van der Waals surface area contributed by atoms with E-state index in [4.69, 9.17) is 0 Å². The number of carbonyl (C=O) groups is 2. The molecule has 4 nitrogen and oxygen atoms in total. The number of nitrogens with zero attached hydrogens (tertiary/aromatic N) is 1. The molecule has 0 aliphatic carbocycles. The molecule has 0 saturated carbocycles. The fourth-order valence-electron chi connectivity index (χ4n) is 3.26. The Kier molecular flexibility index (Phi) is 4.08. The molecule has 1 aliphatic rings. The summed E-state index contributed by atoms with van der Waals surface area (Å²) >= 11 is 1.66. The summed E-state index contributed by atoms with van der Waals surface area (Å²) in [5.74, 6) is -1.40. The van der Waals surface area contributed by atoms with Crippen LogP contribution in [0.3, 0.4) is 0 Å². The van der Waals surface area contributed by atoms with E-state index in [1.165, 1.54) is 0 Å². The third kappa shape index (κ3) is 2.77. The molecule has 1 aliphatic heterocycles. The first-order valence-corrected chi connectivity index (χ1v) is 8.78. The molecule has 2 heterocycles. The Hall–Kier alpha value is -2.01. The van der Waals surface area contributed by atoms with Crippen LogP contribution >= 0.6 is 11.8 Å². The maximum atomic E-state index is 13.2. The minimum Gasteiger partial charge on any atom is -0.480 e. The highest BCUT2D eigenvalue weighted by Crippen LogP contribution is 2.40. The Labute approximate surface area is 145 Å². The molecule has 3 rings (SSSR count). The van der Waals surface area contributed by atoms with Crippen molar-refractivity contribution in [2.75, 3.05) is 0 Å². The maximum Gasteiger partial charge on any atom is 0.323 e. The molecule has 0 spiro atoms. The Balaban J connectivity index is 2.02. The van der Waals surface area contributed by atoms with Crippen LogP contribution in [0.2, 0.25) is 0 Å². The third-order valence-corrected chi connectivity index (χ3v) is 5.37. The van der Waals surface area contributed by atoms with E-state index in [9.17, 15) is 14.7 Å². The molecule has 0 radical (unpaired) electrons. The van der Waals surface area contributed by atoms with Crippen LogP contribution in [-0.4, -0.2) is 26.2 Å². The first-order valence-electron chi connectivity index (χ1n) is 7.97. The molecular formula is C19H21NO3S. The van der Waals surface area contributed by atoms with Crippen LogP contribution in [-0.2, 0) is 16.8 Å². The number of fused-ring (bicyclic) bond motifs is 1. The van der Waals surface area contributed by atoms with Crippen LogP contribution < -0.4 is 0 Å². The molecule has 2 aromatic rings. The lowest BCUT2D eigenvalue weighted by Gasteiger charge is -2.23. The molecule has 1 N–H and O–H groups in total. The van der Waals surface area contributed by atoms with E-state index in [1.54, 1.807) is 30.0 Å². The molecule has 1 unspecified atom stereocenters. The van der Waals surface area contributed by atoms with Gasteiger partial charge in [-0.15, -0.1) is 11.8 Å². The monoisotopic (exact) mass is 343 g/mol. The van der Waals surface area contributed by atoms with E-state index in [0.717, 1.165) is 4.90 Å². The van der Waals surface area contributed by atoms with Crippen LogP contribution in [0.5, 0.6) is 0 Å². The van der Waals surface area contributed by atoms with Gasteiger partial charge in [-0.25, -0.2) is 0 Å². The fraction of sp³-hybridized carbons (Fsp3) is 0.368. The normalized spacial score (nSPS) is 20.0. The van der Waals surface area contributed by atoms with E-state index in [-0.39, 0.29) is 10.5 Å². The summed E-state index contributed by atoms with van der Waals surface area (Å²) < 4.78 is 1.88. The minimum atomic E-state index is -1.48. The van der Waals surface area contributed by atoms with Gasteiger partial charge in [0.25, 0.3) is 0 Å². The number of aliphatic carboxylic acids is 1. The summed E-state index contributed by atoms with van der Waals surface area (Å²) in [6.45, 7) is 6.87. The van der Waals surface area contributed by atoms with Crippen LogP contribution in [0, 0.1) is 0 Å². The van der Waals surface area contributed by atoms with Crippen molar-refractivity contribution < 1.29 is 14.7 Å². The van der Waals surface area contributed by atoms with E-state index in [2.05, 4.69) is 20.8 Å². The highest BCUT2D eigenvalue weighted by Gasteiger charge is 2.52. The molecular weight excluding hydrogens is 322 g/mol. The van der Waals surface area contributed by atoms with Gasteiger partial charge in [0.05, 0.1) is 0 Å². The molecule has 0 amide bonds. The standard InChI is InChI=1S/C19H21NO3S/c1-18(2,3)24-14-7-4-6-13(12-14)16(21)19(17(22)23)9-11-20-10-5-8-15(19)20/h4-8,10,12H,9,11H2,1-3H3,(H,22,23). The molecule has 24 heavy (non-hydrogen) atoms. The zero-order valence-corrected chi connectivity index (χ0v) is 14.9. The van der Waals surface area contributed by atoms with E-state index in [1.807, 2.05) is 29.0 Å². The van der Waals surface area contributed by atoms with E-state index < -0.39 is 11.4 Å². The number of benzene rings is 1. The van der Waals surface area contributed by atoms with Crippen LogP contribution in [0.4, 0.5) is 0 Å². The lowest BCUT2D eigenvalue weighted by Crippen LogP contribution is -2.42. The number of carbonyl (C=O) groups excluding carboxylic acids is 1. The van der Waals surface area contributed by atoms with Gasteiger partial charge in [-0.2, -0.15) is 0 Å². The number of ketones is 1. The van der Waals surface area contributed by atoms with Crippen molar-refractivity contribution in [3.05, 3.63) is 53.9 Å². The number of aromatic nitrogens is 1. The largest absolute Gasteiger partial charge is 0.480 e. The highest BCUT2D eigenvalue weighted by atomic mass is 32.2. The second kappa shape index (κ2) is 5.81. The Morgan fingerprint density at radius 2 is 1.96 bits per heavy atom. The molecule has 1 aromatic heterocycles. The fourth-order valence-corrected chi connectivity index (χ4v) is 4.30. The second-order valence-corrected chi connectivity index (χ2v) is 9.02. The summed E-state index contributed by atoms with van der Waals surface area (Å²) in [6, 6.07) is 10.8. The number of thioether (sulfide) groups is 1. The van der Waals surface area contributed by atoms with Crippen molar-refractivity contribution in [1.29, 1.82) is 0 Å². The van der Waals surface area contributed by atoms with Crippen molar-refractivity contribution in [2.24, 2.45) is 0 Å². The predicted molar refractivity (Wildman–Crippen MR) is 94.7 cm³/mol. The van der Waals surface area contributed by atoms with Crippen molar-refractivity contribution in [3.63, 3.8) is 0 Å². The average Bonchev–Trinajstić information content (AvgIpc) is 3.06. The third-order valence-electron chi connectivity index (χ3n) is 4.27. The quantitative estimate of drug-likeness (QED) is 0.518. The molecule has 0 bridgehead atoms. The zero-order chi connectivity index (χ0) is 17.5. The van der Waals surface area contributed by atoms with Gasteiger partial charge in [-0.3, -0.25) is 9.59 Å². The zero-order valence-electron chi connectivity index (χ0n) is 14.1. The molecule has 5 heteroatoms. The lowest BCUT2D eigenvalue weighted by molar-refractivity contribution is -0.141. The summed E-state index contributed by atoms with van der Waals surface area (Å²) in [6.07, 6.45) is 2.13. The SMILES string of the molecule is CC(C)(C)Sc1cccc(C(=O)C2(C(=O)O)CCn3cccc32)c1. The number of rotatable bonds is 4. The predicted octanol–water partition coefficient (Wildman–Crippen LogP) is 3.99. The van der Waals surface area contributed by atoms with Gasteiger partial charge in [0.1, 0.15) is 0 Å². The molecule has 126 valence electrons. The number of hydrogen-bond donors (Lipinski definition) is 1. The van der Waals surface area contributed by atoms with Gasteiger partial charge in [0.15, 0.2) is 11.2 Å². The topological polar surface area (TPSA) is 59.3 Å². The Morgan fingerprint density at radius 1 is 1.21 bits per heavy atom. The molecule has 1 aromatic carbocycles. The van der Waals surface area contributed by atoms with Crippen molar-refractivity contribution >= 4 is 23.5 Å². The minimum absolute atomic E-state index is 0.0220. The Morgan fingerprint density at radius 3 is 2.62 bits per heavy atom. The van der Waals surface area contributed by atoms with Gasteiger partial charge >= 0.3 is 5.97 Å². The number of aryl methyl sites for hydroxylation is 1. The van der Waals surface area contributed by atoms with Gasteiger partial charge in [-0.05, 0) is 30.7 Å². The van der Waals surface area contributed by atoms with Crippen LogP contribution in [0.15, 0.2) is 47.5 Å². The van der Waals surface area contributed by atoms with Crippen molar-refractivity contribution in [1.82, 2.24) is 4.57 Å². The number of carboxylic acid groups (broad SMARTS) is 1. The van der Waals surface area contributed by atoms with E-state index >= 15 is 0 Å².